The molecule has 6 nitrogen and oxygen atoms in total. The summed E-state index contributed by atoms with van der Waals surface area (Å²) < 4.78 is 55.1. The van der Waals surface area contributed by atoms with Crippen molar-refractivity contribution in [2.75, 3.05) is 18.6 Å². The number of furan rings is 1. The lowest BCUT2D eigenvalue weighted by Crippen LogP contribution is -2.24. The first kappa shape index (κ1) is 18.8. The van der Waals surface area contributed by atoms with Gasteiger partial charge in [-0.3, -0.25) is 4.79 Å². The molecule has 0 unspecified atom stereocenters. The molecule has 134 valence electrons. The topological polar surface area (TPSA) is 79.6 Å². The first-order chi connectivity index (χ1) is 11.6. The fraction of sp³-hybridized carbons (Fsp3) is 0.188. The molecule has 0 radical (unpaired) electrons. The minimum Gasteiger partial charge on any atom is -0.460 e. The molecular weight excluding hydrogens is 354 g/mol. The van der Waals surface area contributed by atoms with Gasteiger partial charge in [-0.1, -0.05) is 0 Å². The number of rotatable bonds is 6. The van der Waals surface area contributed by atoms with Gasteiger partial charge in [-0.05, 0) is 30.3 Å². The number of benzene rings is 1. The van der Waals surface area contributed by atoms with Gasteiger partial charge in [0.05, 0.1) is 12.8 Å². The number of carbonyl (C=O) groups is 1. The number of hydrogen-bond acceptors (Lipinski definition) is 4. The molecule has 0 fully saturated rings. The Morgan fingerprint density at radius 2 is 1.96 bits per heavy atom. The Hall–Kier alpha value is -2.52. The molecule has 0 spiro atoms. The van der Waals surface area contributed by atoms with E-state index in [4.69, 9.17) is 4.42 Å². The van der Waals surface area contributed by atoms with Crippen molar-refractivity contribution in [3.05, 3.63) is 59.6 Å². The van der Waals surface area contributed by atoms with Crippen molar-refractivity contribution in [2.45, 2.75) is 6.54 Å². The Morgan fingerprint density at radius 3 is 2.60 bits per heavy atom. The number of hydrogen-bond donors (Lipinski definition) is 1. The number of amides is 1. The van der Waals surface area contributed by atoms with Gasteiger partial charge >= 0.3 is 0 Å². The van der Waals surface area contributed by atoms with Crippen LogP contribution in [-0.2, 0) is 21.4 Å². The third-order valence-electron chi connectivity index (χ3n) is 3.21. The van der Waals surface area contributed by atoms with E-state index in [1.54, 1.807) is 12.1 Å². The molecule has 0 aliphatic rings. The lowest BCUT2D eigenvalue weighted by molar-refractivity contribution is -0.111. The van der Waals surface area contributed by atoms with Crippen LogP contribution in [0.1, 0.15) is 11.5 Å². The van der Waals surface area contributed by atoms with E-state index in [1.165, 1.54) is 19.2 Å². The van der Waals surface area contributed by atoms with Gasteiger partial charge in [-0.25, -0.2) is 17.2 Å². The fourth-order valence-electron chi connectivity index (χ4n) is 1.82. The molecular formula is C16H16F2N2O4S. The van der Waals surface area contributed by atoms with Crippen LogP contribution in [0.5, 0.6) is 0 Å². The third-order valence-corrected chi connectivity index (χ3v) is 4.47. The summed E-state index contributed by atoms with van der Waals surface area (Å²) in [6.07, 6.45) is 3.61. The van der Waals surface area contributed by atoms with Gasteiger partial charge in [0, 0.05) is 24.9 Å². The van der Waals surface area contributed by atoms with Crippen LogP contribution >= 0.6 is 0 Å². The normalized spacial score (nSPS) is 12.0. The molecule has 1 heterocycles. The second-order valence-corrected chi connectivity index (χ2v) is 7.36. The van der Waals surface area contributed by atoms with Gasteiger partial charge in [0.15, 0.2) is 11.6 Å². The molecule has 0 atom stereocenters. The third kappa shape index (κ3) is 5.50. The first-order valence-corrected chi connectivity index (χ1v) is 8.94. The summed E-state index contributed by atoms with van der Waals surface area (Å²) in [5.41, 5.74) is 0.114. The Bertz CT molecular complexity index is 907. The Balaban J connectivity index is 1.97. The van der Waals surface area contributed by atoms with Crippen molar-refractivity contribution < 1.29 is 26.4 Å². The van der Waals surface area contributed by atoms with Gasteiger partial charge in [0.25, 0.3) is 0 Å². The van der Waals surface area contributed by atoms with Crippen molar-refractivity contribution in [2.24, 2.45) is 0 Å². The van der Waals surface area contributed by atoms with Crippen molar-refractivity contribution >= 4 is 27.7 Å². The Morgan fingerprint density at radius 1 is 1.24 bits per heavy atom. The lowest BCUT2D eigenvalue weighted by Gasteiger charge is -2.11. The average molecular weight is 370 g/mol. The monoisotopic (exact) mass is 370 g/mol. The number of nitrogens with zero attached hydrogens (tertiary/aromatic N) is 1. The van der Waals surface area contributed by atoms with E-state index in [-0.39, 0.29) is 12.2 Å². The molecule has 25 heavy (non-hydrogen) atoms. The van der Waals surface area contributed by atoms with Crippen molar-refractivity contribution in [1.29, 1.82) is 0 Å². The van der Waals surface area contributed by atoms with Gasteiger partial charge < -0.3 is 9.73 Å². The summed E-state index contributed by atoms with van der Waals surface area (Å²) in [4.78, 5) is 11.8. The molecule has 2 aromatic rings. The smallest absolute Gasteiger partial charge is 0.248 e. The maximum Gasteiger partial charge on any atom is 0.248 e. The molecule has 0 bridgehead atoms. The molecule has 1 N–H and O–H groups in total. The highest BCUT2D eigenvalue weighted by atomic mass is 32.2. The molecule has 0 aliphatic heterocycles. The van der Waals surface area contributed by atoms with E-state index in [2.05, 4.69) is 5.32 Å². The van der Waals surface area contributed by atoms with Crippen LogP contribution in [0.3, 0.4) is 0 Å². The second-order valence-electron chi connectivity index (χ2n) is 5.27. The van der Waals surface area contributed by atoms with Crippen LogP contribution in [0.25, 0.3) is 6.08 Å². The highest BCUT2D eigenvalue weighted by Gasteiger charge is 2.13. The first-order valence-electron chi connectivity index (χ1n) is 7.09. The summed E-state index contributed by atoms with van der Waals surface area (Å²) in [5, 5.41) is 2.38. The minimum atomic E-state index is -3.32. The Labute approximate surface area is 143 Å². The summed E-state index contributed by atoms with van der Waals surface area (Å²) >= 11 is 0. The summed E-state index contributed by atoms with van der Waals surface area (Å²) in [6, 6.07) is 6.18. The average Bonchev–Trinajstić information content (AvgIpc) is 2.95. The summed E-state index contributed by atoms with van der Waals surface area (Å²) in [5.74, 6) is -1.87. The van der Waals surface area contributed by atoms with Crippen molar-refractivity contribution in [1.82, 2.24) is 4.31 Å². The number of anilines is 1. The van der Waals surface area contributed by atoms with E-state index < -0.39 is 27.6 Å². The largest absolute Gasteiger partial charge is 0.460 e. The highest BCUT2D eigenvalue weighted by molar-refractivity contribution is 7.88. The van der Waals surface area contributed by atoms with Crippen LogP contribution in [0, 0.1) is 11.6 Å². The van der Waals surface area contributed by atoms with Crippen LogP contribution in [0.2, 0.25) is 0 Å². The number of sulfonamides is 1. The van der Waals surface area contributed by atoms with Crippen molar-refractivity contribution in [3.63, 3.8) is 0 Å². The van der Waals surface area contributed by atoms with Gasteiger partial charge in [0.2, 0.25) is 15.9 Å². The molecule has 9 heteroatoms. The molecule has 1 aromatic heterocycles. The molecule has 0 saturated heterocycles. The predicted molar refractivity (Wildman–Crippen MR) is 89.0 cm³/mol. The Kier molecular flexibility index (Phi) is 5.70. The van der Waals surface area contributed by atoms with Gasteiger partial charge in [-0.15, -0.1) is 0 Å². The van der Waals surface area contributed by atoms with E-state index in [9.17, 15) is 22.0 Å². The van der Waals surface area contributed by atoms with Crippen LogP contribution < -0.4 is 5.32 Å². The fourth-order valence-corrected chi connectivity index (χ4v) is 2.18. The molecule has 1 aromatic carbocycles. The summed E-state index contributed by atoms with van der Waals surface area (Å²) in [6.45, 7) is 0.0632. The van der Waals surface area contributed by atoms with Crippen LogP contribution in [-0.4, -0.2) is 31.9 Å². The second kappa shape index (κ2) is 7.58. The molecule has 0 aliphatic carbocycles. The van der Waals surface area contributed by atoms with Crippen molar-refractivity contribution in [3.8, 4) is 0 Å². The van der Waals surface area contributed by atoms with Gasteiger partial charge in [-0.2, -0.15) is 4.31 Å². The molecule has 0 saturated carbocycles. The molecule has 1 amide bonds. The summed E-state index contributed by atoms with van der Waals surface area (Å²) in [7, 11) is -1.91. The highest BCUT2D eigenvalue weighted by Crippen LogP contribution is 2.15. The maximum absolute atomic E-state index is 13.1. The maximum atomic E-state index is 13.1. The zero-order valence-electron chi connectivity index (χ0n) is 13.5. The standard InChI is InChI=1S/C16H16F2N2O4S/c1-20(25(2,22)23)10-13-5-4-12(24-13)6-8-16(21)19-11-3-7-14(17)15(18)9-11/h3-9H,10H2,1-2H3,(H,19,21)/b8-6+. The number of nitrogens with one attached hydrogen (secondary N) is 1. The lowest BCUT2D eigenvalue weighted by atomic mass is 10.3. The predicted octanol–water partition coefficient (Wildman–Crippen LogP) is 2.60. The number of halogens is 2. The van der Waals surface area contributed by atoms with Crippen LogP contribution in [0.4, 0.5) is 14.5 Å². The zero-order chi connectivity index (χ0) is 18.6. The van der Waals surface area contributed by atoms with E-state index in [0.29, 0.717) is 11.5 Å². The zero-order valence-corrected chi connectivity index (χ0v) is 14.3. The number of carbonyl (C=O) groups excluding carboxylic acids is 1. The van der Waals surface area contributed by atoms with Crippen LogP contribution in [0.15, 0.2) is 40.8 Å². The van der Waals surface area contributed by atoms with E-state index in [0.717, 1.165) is 28.8 Å². The van der Waals surface area contributed by atoms with E-state index >= 15 is 0 Å². The van der Waals surface area contributed by atoms with E-state index in [1.807, 2.05) is 0 Å². The minimum absolute atomic E-state index is 0.0632. The van der Waals surface area contributed by atoms with Gasteiger partial charge in [0.1, 0.15) is 11.5 Å². The quantitative estimate of drug-likeness (QED) is 0.793. The SMILES string of the molecule is CN(Cc1ccc(/C=C/C(=O)Nc2ccc(F)c(F)c2)o1)S(C)(=O)=O. The molecule has 2 rings (SSSR count).